The third-order valence-corrected chi connectivity index (χ3v) is 5.89. The quantitative estimate of drug-likeness (QED) is 0.833. The molecular formula is C19H28O3. The van der Waals surface area contributed by atoms with Gasteiger partial charge in [0.25, 0.3) is 0 Å². The van der Waals surface area contributed by atoms with Gasteiger partial charge in [-0.05, 0) is 63.0 Å². The van der Waals surface area contributed by atoms with Crippen LogP contribution in [0, 0.1) is 5.41 Å². The van der Waals surface area contributed by atoms with E-state index in [2.05, 4.69) is 13.0 Å². The number of carbonyl (C=O) groups excluding carboxylic acids is 1. The van der Waals surface area contributed by atoms with Crippen molar-refractivity contribution in [2.75, 3.05) is 0 Å². The summed E-state index contributed by atoms with van der Waals surface area (Å²) in [7, 11) is 0. The Morgan fingerprint density at radius 2 is 2.27 bits per heavy atom. The number of allylic oxidation sites excluding steroid dienone is 2. The van der Waals surface area contributed by atoms with E-state index < -0.39 is 0 Å². The number of hydrogen-bond donors (Lipinski definition) is 1. The van der Waals surface area contributed by atoms with Crippen molar-refractivity contribution in [2.24, 2.45) is 5.41 Å². The van der Waals surface area contributed by atoms with E-state index in [1.54, 1.807) is 6.92 Å². The van der Waals surface area contributed by atoms with Gasteiger partial charge in [-0.3, -0.25) is 0 Å². The largest absolute Gasteiger partial charge is 0.494 e. The molecule has 0 amide bonds. The van der Waals surface area contributed by atoms with Gasteiger partial charge in [-0.1, -0.05) is 13.0 Å². The van der Waals surface area contributed by atoms with Crippen LogP contribution in [-0.2, 0) is 9.53 Å². The highest BCUT2D eigenvalue weighted by atomic mass is 16.5. The van der Waals surface area contributed by atoms with Crippen LogP contribution in [0.5, 0.6) is 0 Å². The van der Waals surface area contributed by atoms with E-state index in [0.717, 1.165) is 51.4 Å². The third-order valence-electron chi connectivity index (χ3n) is 5.89. The van der Waals surface area contributed by atoms with Gasteiger partial charge in [0.15, 0.2) is 0 Å². The van der Waals surface area contributed by atoms with Crippen molar-refractivity contribution in [1.29, 1.82) is 0 Å². The lowest BCUT2D eigenvalue weighted by atomic mass is 9.66. The minimum Gasteiger partial charge on any atom is -0.494 e. The zero-order chi connectivity index (χ0) is 15.7. The highest BCUT2D eigenvalue weighted by molar-refractivity contribution is 5.75. The Bertz CT molecular complexity index is 517. The summed E-state index contributed by atoms with van der Waals surface area (Å²) in [5, 5.41) is 10.4. The van der Waals surface area contributed by atoms with E-state index in [4.69, 9.17) is 4.74 Å². The molecule has 3 unspecified atom stereocenters. The van der Waals surface area contributed by atoms with Gasteiger partial charge in [0.2, 0.25) is 0 Å². The summed E-state index contributed by atoms with van der Waals surface area (Å²) < 4.78 is 6.25. The van der Waals surface area contributed by atoms with Crippen LogP contribution in [0.2, 0.25) is 0 Å². The van der Waals surface area contributed by atoms with E-state index in [-0.39, 0.29) is 23.4 Å². The molecule has 0 aromatic carbocycles. The molecule has 122 valence electrons. The van der Waals surface area contributed by atoms with E-state index in [0.29, 0.717) is 6.42 Å². The smallest absolute Gasteiger partial charge is 0.129 e. The molecule has 3 rings (SSSR count). The number of Topliss-reactive ketones (excluding diaryl/α,β-unsaturated/α-hetero) is 1. The second-order valence-corrected chi connectivity index (χ2v) is 7.15. The van der Waals surface area contributed by atoms with Gasteiger partial charge in [0.05, 0.1) is 18.0 Å². The van der Waals surface area contributed by atoms with Crippen molar-refractivity contribution in [3.05, 3.63) is 23.0 Å². The molecule has 0 saturated carbocycles. The van der Waals surface area contributed by atoms with Crippen LogP contribution in [0.15, 0.2) is 23.0 Å². The normalized spacial score (nSPS) is 33.9. The lowest BCUT2D eigenvalue weighted by Crippen LogP contribution is -2.37. The topological polar surface area (TPSA) is 46.5 Å². The molecule has 3 atom stereocenters. The highest BCUT2D eigenvalue weighted by Gasteiger charge is 2.48. The molecule has 1 aliphatic heterocycles. The van der Waals surface area contributed by atoms with E-state index in [1.165, 1.54) is 16.9 Å². The Balaban J connectivity index is 1.70. The Hall–Kier alpha value is -1.09. The monoisotopic (exact) mass is 304 g/mol. The molecule has 0 radical (unpaired) electrons. The molecule has 3 nitrogen and oxygen atoms in total. The summed E-state index contributed by atoms with van der Waals surface area (Å²) in [4.78, 5) is 11.1. The predicted octanol–water partition coefficient (Wildman–Crippen LogP) is 4.06. The minimum absolute atomic E-state index is 0.0103. The minimum atomic E-state index is -0.213. The molecule has 3 aliphatic rings. The lowest BCUT2D eigenvalue weighted by molar-refractivity contribution is -0.117. The van der Waals surface area contributed by atoms with Crippen molar-refractivity contribution < 1.29 is 14.6 Å². The zero-order valence-corrected chi connectivity index (χ0v) is 13.9. The van der Waals surface area contributed by atoms with Crippen LogP contribution in [0.1, 0.15) is 71.6 Å². The maximum absolute atomic E-state index is 11.1. The van der Waals surface area contributed by atoms with Gasteiger partial charge in [-0.25, -0.2) is 0 Å². The van der Waals surface area contributed by atoms with E-state index in [9.17, 15) is 9.90 Å². The van der Waals surface area contributed by atoms with Gasteiger partial charge in [-0.2, -0.15) is 0 Å². The SMILES string of the molecule is CCC12CCC3=C(CCC(CCCC(C)=O)O3)C1=CCC2O. The Labute approximate surface area is 133 Å². The molecule has 1 N–H and O–H groups in total. The van der Waals surface area contributed by atoms with E-state index in [1.807, 2.05) is 0 Å². The Kier molecular flexibility index (Phi) is 4.44. The molecule has 22 heavy (non-hydrogen) atoms. The van der Waals surface area contributed by atoms with Gasteiger partial charge < -0.3 is 14.6 Å². The fraction of sp³-hybridized carbons (Fsp3) is 0.737. The first-order valence-electron chi connectivity index (χ1n) is 8.84. The van der Waals surface area contributed by atoms with Crippen LogP contribution < -0.4 is 0 Å². The highest BCUT2D eigenvalue weighted by Crippen LogP contribution is 2.55. The molecule has 2 aliphatic carbocycles. The van der Waals surface area contributed by atoms with Crippen molar-refractivity contribution in [1.82, 2.24) is 0 Å². The number of aliphatic hydroxyl groups is 1. The second-order valence-electron chi connectivity index (χ2n) is 7.15. The standard InChI is InChI=1S/C19H28O3/c1-3-19-12-11-17-15(16(19)9-10-18(19)21)8-7-14(22-17)6-4-5-13(2)20/h9,14,18,21H,3-8,10-12H2,1-2H3. The molecule has 0 spiro atoms. The summed E-state index contributed by atoms with van der Waals surface area (Å²) in [5.74, 6) is 1.44. The molecule has 0 saturated heterocycles. The summed E-state index contributed by atoms with van der Waals surface area (Å²) in [6.45, 7) is 3.86. The Morgan fingerprint density at radius 1 is 1.45 bits per heavy atom. The maximum atomic E-state index is 11.1. The fourth-order valence-corrected chi connectivity index (χ4v) is 4.55. The molecule has 0 bridgehead atoms. The number of ketones is 1. The van der Waals surface area contributed by atoms with Crippen molar-refractivity contribution in [3.8, 4) is 0 Å². The van der Waals surface area contributed by atoms with Crippen LogP contribution >= 0.6 is 0 Å². The first kappa shape index (κ1) is 15.8. The molecule has 1 heterocycles. The maximum Gasteiger partial charge on any atom is 0.129 e. The number of rotatable bonds is 5. The lowest BCUT2D eigenvalue weighted by Gasteiger charge is -2.43. The Morgan fingerprint density at radius 3 is 3.00 bits per heavy atom. The van der Waals surface area contributed by atoms with Gasteiger partial charge >= 0.3 is 0 Å². The summed E-state index contributed by atoms with van der Waals surface area (Å²) in [5.41, 5.74) is 2.75. The third kappa shape index (κ3) is 2.64. The van der Waals surface area contributed by atoms with Crippen LogP contribution in [0.25, 0.3) is 0 Å². The van der Waals surface area contributed by atoms with Gasteiger partial charge in [-0.15, -0.1) is 0 Å². The fourth-order valence-electron chi connectivity index (χ4n) is 4.55. The van der Waals surface area contributed by atoms with Gasteiger partial charge in [0, 0.05) is 18.3 Å². The number of aliphatic hydroxyl groups excluding tert-OH is 1. The van der Waals surface area contributed by atoms with Crippen molar-refractivity contribution in [2.45, 2.75) is 83.8 Å². The van der Waals surface area contributed by atoms with Crippen molar-refractivity contribution >= 4 is 5.78 Å². The first-order chi connectivity index (χ1) is 10.6. The van der Waals surface area contributed by atoms with Crippen LogP contribution in [0.3, 0.4) is 0 Å². The van der Waals surface area contributed by atoms with Crippen LogP contribution in [-0.4, -0.2) is 23.1 Å². The molecular weight excluding hydrogens is 276 g/mol. The van der Waals surface area contributed by atoms with Crippen molar-refractivity contribution in [3.63, 3.8) is 0 Å². The average molecular weight is 304 g/mol. The predicted molar refractivity (Wildman–Crippen MR) is 86.3 cm³/mol. The molecule has 0 aromatic heterocycles. The number of ether oxygens (including phenoxy) is 1. The number of fused-ring (bicyclic) bond motifs is 2. The zero-order valence-electron chi connectivity index (χ0n) is 13.9. The summed E-state index contributed by atoms with van der Waals surface area (Å²) in [6.07, 6.45) is 10.8. The number of hydrogen-bond acceptors (Lipinski definition) is 3. The average Bonchev–Trinajstić information content (AvgIpc) is 2.84. The van der Waals surface area contributed by atoms with Gasteiger partial charge in [0.1, 0.15) is 5.78 Å². The molecule has 0 fully saturated rings. The number of carbonyl (C=O) groups is 1. The molecule has 3 heteroatoms. The first-order valence-corrected chi connectivity index (χ1v) is 8.84. The molecule has 0 aromatic rings. The van der Waals surface area contributed by atoms with Crippen LogP contribution in [0.4, 0.5) is 0 Å². The summed E-state index contributed by atoms with van der Waals surface area (Å²) in [6, 6.07) is 0. The van der Waals surface area contributed by atoms with E-state index >= 15 is 0 Å². The summed E-state index contributed by atoms with van der Waals surface area (Å²) >= 11 is 0. The second kappa shape index (κ2) is 6.19.